The van der Waals surface area contributed by atoms with E-state index in [0.29, 0.717) is 0 Å². The number of carbonyl (C=O) groups excluding carboxylic acids is 1. The lowest BCUT2D eigenvalue weighted by molar-refractivity contribution is 0.0951. The van der Waals surface area contributed by atoms with Gasteiger partial charge in [-0.25, -0.2) is 8.78 Å². The summed E-state index contributed by atoms with van der Waals surface area (Å²) in [5, 5.41) is 2.67. The fourth-order valence-electron chi connectivity index (χ4n) is 1.61. The summed E-state index contributed by atoms with van der Waals surface area (Å²) in [7, 11) is 1.58. The Balaban J connectivity index is 2.62. The first-order chi connectivity index (χ1) is 8.06. The average Bonchev–Trinajstić information content (AvgIpc) is 2.81. The highest BCUT2D eigenvalue weighted by Gasteiger charge is 2.22. The molecule has 0 aliphatic rings. The summed E-state index contributed by atoms with van der Waals surface area (Å²) in [6.07, 6.45) is 1.19. The lowest BCUT2D eigenvalue weighted by Gasteiger charge is -2.10. The second kappa shape index (κ2) is 4.25. The molecule has 0 aliphatic heterocycles. The SMILES string of the molecule is CN[C@@H](C)C(=O)c1cc(F)c2occc2c1F. The highest BCUT2D eigenvalue weighted by molar-refractivity contribution is 6.02. The largest absolute Gasteiger partial charge is 0.461 e. The number of rotatable bonds is 3. The van der Waals surface area contributed by atoms with E-state index in [0.717, 1.165) is 6.07 Å². The average molecular weight is 239 g/mol. The predicted molar refractivity (Wildman–Crippen MR) is 59.0 cm³/mol. The normalized spacial score (nSPS) is 12.9. The quantitative estimate of drug-likeness (QED) is 0.837. The lowest BCUT2D eigenvalue weighted by Crippen LogP contribution is -2.31. The molecule has 1 aromatic heterocycles. The molecule has 1 atom stereocenters. The minimum Gasteiger partial charge on any atom is -0.461 e. The molecule has 5 heteroatoms. The molecule has 0 aliphatic carbocycles. The summed E-state index contributed by atoms with van der Waals surface area (Å²) in [4.78, 5) is 11.8. The number of likely N-dealkylation sites (N-methyl/N-ethyl adjacent to an activating group) is 1. The van der Waals surface area contributed by atoms with Gasteiger partial charge in [0.15, 0.2) is 17.2 Å². The molecule has 0 spiro atoms. The Kier molecular flexibility index (Phi) is 2.93. The molecule has 0 saturated carbocycles. The number of hydrogen-bond acceptors (Lipinski definition) is 3. The number of halogens is 2. The molecule has 17 heavy (non-hydrogen) atoms. The Morgan fingerprint density at radius 1 is 1.47 bits per heavy atom. The van der Waals surface area contributed by atoms with Crippen molar-refractivity contribution >= 4 is 16.8 Å². The third-order valence-electron chi connectivity index (χ3n) is 2.72. The smallest absolute Gasteiger partial charge is 0.182 e. The van der Waals surface area contributed by atoms with Gasteiger partial charge in [-0.05, 0) is 26.1 Å². The van der Waals surface area contributed by atoms with Gasteiger partial charge in [0.05, 0.1) is 23.3 Å². The fourth-order valence-corrected chi connectivity index (χ4v) is 1.61. The summed E-state index contributed by atoms with van der Waals surface area (Å²) in [5.74, 6) is -1.98. The maximum absolute atomic E-state index is 14.0. The highest BCUT2D eigenvalue weighted by atomic mass is 19.1. The monoisotopic (exact) mass is 239 g/mol. The number of furan rings is 1. The zero-order valence-corrected chi connectivity index (χ0v) is 9.38. The maximum atomic E-state index is 14.0. The van der Waals surface area contributed by atoms with E-state index < -0.39 is 23.5 Å². The molecule has 3 nitrogen and oxygen atoms in total. The van der Waals surface area contributed by atoms with Crippen LogP contribution < -0.4 is 5.32 Å². The van der Waals surface area contributed by atoms with E-state index in [-0.39, 0.29) is 16.5 Å². The molecule has 0 radical (unpaired) electrons. The van der Waals surface area contributed by atoms with Crippen LogP contribution in [0.1, 0.15) is 17.3 Å². The van der Waals surface area contributed by atoms with Crippen molar-refractivity contribution in [2.75, 3.05) is 7.05 Å². The van der Waals surface area contributed by atoms with E-state index in [9.17, 15) is 13.6 Å². The molecule has 0 unspecified atom stereocenters. The van der Waals surface area contributed by atoms with E-state index in [1.165, 1.54) is 12.3 Å². The van der Waals surface area contributed by atoms with Gasteiger partial charge in [0, 0.05) is 0 Å². The lowest BCUT2D eigenvalue weighted by atomic mass is 10.0. The van der Waals surface area contributed by atoms with Gasteiger partial charge in [-0.15, -0.1) is 0 Å². The molecule has 2 rings (SSSR count). The molecule has 0 amide bonds. The first kappa shape index (κ1) is 11.7. The van der Waals surface area contributed by atoms with Crippen LogP contribution in [0.5, 0.6) is 0 Å². The van der Waals surface area contributed by atoms with Gasteiger partial charge in [-0.3, -0.25) is 4.79 Å². The van der Waals surface area contributed by atoms with Crippen molar-refractivity contribution in [3.8, 4) is 0 Å². The topological polar surface area (TPSA) is 42.2 Å². The van der Waals surface area contributed by atoms with Gasteiger partial charge in [0.25, 0.3) is 0 Å². The summed E-state index contributed by atoms with van der Waals surface area (Å²) < 4.78 is 32.3. The summed E-state index contributed by atoms with van der Waals surface area (Å²) in [6, 6.07) is 1.60. The number of ketones is 1. The number of benzene rings is 1. The molecule has 1 aromatic carbocycles. The molecular formula is C12H11F2NO2. The van der Waals surface area contributed by atoms with E-state index in [1.807, 2.05) is 0 Å². The Bertz CT molecular complexity index is 577. The third kappa shape index (κ3) is 1.82. The molecule has 2 aromatic rings. The fraction of sp³-hybridized carbons (Fsp3) is 0.250. The van der Waals surface area contributed by atoms with Crippen LogP contribution in [0.3, 0.4) is 0 Å². The molecule has 0 fully saturated rings. The highest BCUT2D eigenvalue weighted by Crippen LogP contribution is 2.26. The third-order valence-corrected chi connectivity index (χ3v) is 2.72. The molecule has 1 heterocycles. The Labute approximate surface area is 96.4 Å². The van der Waals surface area contributed by atoms with E-state index in [4.69, 9.17) is 4.42 Å². The maximum Gasteiger partial charge on any atom is 0.182 e. The van der Waals surface area contributed by atoms with Crippen LogP contribution in [0.2, 0.25) is 0 Å². The van der Waals surface area contributed by atoms with Crippen LogP contribution >= 0.6 is 0 Å². The first-order valence-corrected chi connectivity index (χ1v) is 5.13. The zero-order valence-electron chi connectivity index (χ0n) is 9.38. The minimum atomic E-state index is -0.748. The molecular weight excluding hydrogens is 228 g/mol. The van der Waals surface area contributed by atoms with Gasteiger partial charge in [0.2, 0.25) is 0 Å². The van der Waals surface area contributed by atoms with Crippen LogP contribution in [-0.4, -0.2) is 18.9 Å². The second-order valence-corrected chi connectivity index (χ2v) is 3.76. The van der Waals surface area contributed by atoms with Gasteiger partial charge < -0.3 is 9.73 Å². The number of nitrogens with one attached hydrogen (secondary N) is 1. The number of fused-ring (bicyclic) bond motifs is 1. The van der Waals surface area contributed by atoms with Crippen molar-refractivity contribution < 1.29 is 18.0 Å². The number of carbonyl (C=O) groups is 1. The Morgan fingerprint density at radius 3 is 2.82 bits per heavy atom. The van der Waals surface area contributed by atoms with Crippen molar-refractivity contribution in [2.45, 2.75) is 13.0 Å². The Morgan fingerprint density at radius 2 is 2.18 bits per heavy atom. The first-order valence-electron chi connectivity index (χ1n) is 5.13. The van der Waals surface area contributed by atoms with Crippen LogP contribution in [0.4, 0.5) is 8.78 Å². The summed E-state index contributed by atoms with van der Waals surface area (Å²) >= 11 is 0. The van der Waals surface area contributed by atoms with Gasteiger partial charge in [-0.2, -0.15) is 0 Å². The standard InChI is InChI=1S/C12H11F2NO2/c1-6(15-2)11(16)8-5-9(13)12-7(10(8)14)3-4-17-12/h3-6,15H,1-2H3/t6-/m0/s1. The second-order valence-electron chi connectivity index (χ2n) is 3.76. The minimum absolute atomic E-state index is 0.0170. The van der Waals surface area contributed by atoms with Crippen LogP contribution in [0.15, 0.2) is 22.8 Å². The van der Waals surface area contributed by atoms with Gasteiger partial charge in [-0.1, -0.05) is 0 Å². The van der Waals surface area contributed by atoms with E-state index in [1.54, 1.807) is 14.0 Å². The van der Waals surface area contributed by atoms with Gasteiger partial charge in [0.1, 0.15) is 5.82 Å². The predicted octanol–water partition coefficient (Wildman–Crippen LogP) is 2.50. The molecule has 90 valence electrons. The summed E-state index contributed by atoms with van der Waals surface area (Å²) in [5.41, 5.74) is -0.436. The van der Waals surface area contributed by atoms with E-state index >= 15 is 0 Å². The van der Waals surface area contributed by atoms with Crippen molar-refractivity contribution in [2.24, 2.45) is 0 Å². The number of hydrogen-bond donors (Lipinski definition) is 1. The zero-order chi connectivity index (χ0) is 12.6. The molecule has 0 saturated heterocycles. The number of Topliss-reactive ketones (excluding diaryl/α,β-unsaturated/α-hetero) is 1. The summed E-state index contributed by atoms with van der Waals surface area (Å²) in [6.45, 7) is 1.58. The van der Waals surface area contributed by atoms with Crippen LogP contribution in [0, 0.1) is 11.6 Å². The Hall–Kier alpha value is -1.75. The van der Waals surface area contributed by atoms with Crippen molar-refractivity contribution in [3.05, 3.63) is 35.6 Å². The van der Waals surface area contributed by atoms with E-state index in [2.05, 4.69) is 5.32 Å². The molecule has 0 bridgehead atoms. The van der Waals surface area contributed by atoms with Crippen molar-refractivity contribution in [1.82, 2.24) is 5.32 Å². The van der Waals surface area contributed by atoms with Crippen molar-refractivity contribution in [3.63, 3.8) is 0 Å². The molecule has 1 N–H and O–H groups in total. The van der Waals surface area contributed by atoms with Crippen molar-refractivity contribution in [1.29, 1.82) is 0 Å². The van der Waals surface area contributed by atoms with Crippen LogP contribution in [0.25, 0.3) is 11.0 Å². The van der Waals surface area contributed by atoms with Gasteiger partial charge >= 0.3 is 0 Å². The van der Waals surface area contributed by atoms with Crippen LogP contribution in [-0.2, 0) is 0 Å².